The number of benzene rings is 2. The third-order valence-corrected chi connectivity index (χ3v) is 7.77. The zero-order valence-corrected chi connectivity index (χ0v) is 24.1. The number of carbonyl (C=O) groups is 1. The molecule has 1 saturated heterocycles. The van der Waals surface area contributed by atoms with Gasteiger partial charge in [0.15, 0.2) is 5.82 Å². The van der Waals surface area contributed by atoms with Gasteiger partial charge < -0.3 is 14.6 Å². The van der Waals surface area contributed by atoms with Crippen molar-refractivity contribution in [3.8, 4) is 22.5 Å². The number of nitrogens with one attached hydrogen (secondary N) is 1. The number of aryl methyl sites for hydroxylation is 1. The molecule has 2 aromatic carbocycles. The number of ether oxygens (including phenoxy) is 1. The van der Waals surface area contributed by atoms with E-state index in [0.29, 0.717) is 50.0 Å². The van der Waals surface area contributed by atoms with Gasteiger partial charge in [-0.15, -0.1) is 10.2 Å². The van der Waals surface area contributed by atoms with Crippen molar-refractivity contribution in [2.75, 3.05) is 36.5 Å². The first kappa shape index (κ1) is 28.8. The summed E-state index contributed by atoms with van der Waals surface area (Å²) in [5, 5.41) is 11.5. The molecule has 0 spiro atoms. The first-order valence-corrected chi connectivity index (χ1v) is 14.2. The average Bonchev–Trinajstić information content (AvgIpc) is 3.55. The highest BCUT2D eigenvalue weighted by Crippen LogP contribution is 2.41. The van der Waals surface area contributed by atoms with Gasteiger partial charge in [0.1, 0.15) is 18.0 Å². The smallest absolute Gasteiger partial charge is 0.376 e. The van der Waals surface area contributed by atoms with Gasteiger partial charge in [-0.2, -0.15) is 13.2 Å². The number of anilines is 2. The van der Waals surface area contributed by atoms with E-state index in [0.717, 1.165) is 16.7 Å². The zero-order valence-electron chi connectivity index (χ0n) is 24.1. The van der Waals surface area contributed by atoms with Crippen LogP contribution in [0.3, 0.4) is 0 Å². The Labute approximate surface area is 247 Å². The first-order valence-electron chi connectivity index (χ1n) is 14.2. The molecule has 224 valence electrons. The SMILES string of the molecule is CCNc1cc(-c2ccccc2-c2nncn2C)cc(N2Cc3c(cc(CN4CCO[C@H](C)C4)cc3C(F)(F)F)C2=O)n1. The van der Waals surface area contributed by atoms with Crippen molar-refractivity contribution in [3.05, 3.63) is 77.1 Å². The van der Waals surface area contributed by atoms with Gasteiger partial charge in [-0.1, -0.05) is 24.3 Å². The summed E-state index contributed by atoms with van der Waals surface area (Å²) >= 11 is 0. The maximum Gasteiger partial charge on any atom is 0.416 e. The standard InChI is InChI=1S/C31H32F3N7O2/c1-4-35-27-13-21(22-7-5-6-8-23(22)29-38-36-18-39(29)3)14-28(37-27)41-17-25-24(30(41)42)11-20(12-26(25)31(32,33)34)16-40-9-10-43-19(2)15-40/h5-8,11-14,18-19H,4,9-10,15-17H2,1-3H3,(H,35,37)/t19-/m1/s1. The van der Waals surface area contributed by atoms with Crippen LogP contribution in [0.4, 0.5) is 24.8 Å². The minimum Gasteiger partial charge on any atom is -0.376 e. The molecular formula is C31H32F3N7O2. The number of amides is 1. The molecule has 0 unspecified atom stereocenters. The monoisotopic (exact) mass is 591 g/mol. The van der Waals surface area contributed by atoms with Crippen molar-refractivity contribution in [3.63, 3.8) is 0 Å². The fourth-order valence-electron chi connectivity index (χ4n) is 5.83. The fraction of sp³-hybridized carbons (Fsp3) is 0.355. The van der Waals surface area contributed by atoms with Gasteiger partial charge in [-0.25, -0.2) is 4.98 Å². The van der Waals surface area contributed by atoms with Crippen molar-refractivity contribution >= 4 is 17.5 Å². The number of hydrogen-bond donors (Lipinski definition) is 1. The van der Waals surface area contributed by atoms with Gasteiger partial charge in [0.25, 0.3) is 5.91 Å². The van der Waals surface area contributed by atoms with Gasteiger partial charge in [-0.3, -0.25) is 14.6 Å². The average molecular weight is 592 g/mol. The molecule has 4 aromatic rings. The number of nitrogens with zero attached hydrogens (tertiary/aromatic N) is 6. The molecule has 0 aliphatic carbocycles. The van der Waals surface area contributed by atoms with Gasteiger partial charge in [0, 0.05) is 44.4 Å². The summed E-state index contributed by atoms with van der Waals surface area (Å²) in [6.07, 6.45) is -3.01. The highest BCUT2D eigenvalue weighted by Gasteiger charge is 2.41. The molecular weight excluding hydrogens is 559 g/mol. The number of rotatable bonds is 7. The molecule has 1 fully saturated rings. The Hall–Kier alpha value is -4.29. The molecule has 1 atom stereocenters. The number of alkyl halides is 3. The summed E-state index contributed by atoms with van der Waals surface area (Å²) in [7, 11) is 1.85. The van der Waals surface area contributed by atoms with E-state index in [1.807, 2.05) is 51.2 Å². The number of aromatic nitrogens is 4. The molecule has 2 aliphatic heterocycles. The van der Waals surface area contributed by atoms with Crippen molar-refractivity contribution in [1.29, 1.82) is 0 Å². The highest BCUT2D eigenvalue weighted by molar-refractivity contribution is 6.10. The summed E-state index contributed by atoms with van der Waals surface area (Å²) < 4.78 is 50.5. The van der Waals surface area contributed by atoms with Crippen LogP contribution in [0.15, 0.2) is 54.9 Å². The minimum absolute atomic E-state index is 0.00883. The molecule has 2 aromatic heterocycles. The van der Waals surface area contributed by atoms with E-state index in [1.165, 1.54) is 11.0 Å². The summed E-state index contributed by atoms with van der Waals surface area (Å²) in [6, 6.07) is 14.0. The summed E-state index contributed by atoms with van der Waals surface area (Å²) in [4.78, 5) is 21.9. The molecule has 1 amide bonds. The highest BCUT2D eigenvalue weighted by atomic mass is 19.4. The number of hydrogen-bond acceptors (Lipinski definition) is 7. The Kier molecular flexibility index (Phi) is 7.65. The lowest BCUT2D eigenvalue weighted by atomic mass is 9.98. The van der Waals surface area contributed by atoms with Crippen LogP contribution in [0.2, 0.25) is 0 Å². The minimum atomic E-state index is -4.62. The van der Waals surface area contributed by atoms with E-state index in [-0.39, 0.29) is 29.6 Å². The van der Waals surface area contributed by atoms with Crippen molar-refractivity contribution < 1.29 is 22.7 Å². The molecule has 9 nitrogen and oxygen atoms in total. The Morgan fingerprint density at radius 3 is 2.58 bits per heavy atom. The Bertz CT molecular complexity index is 1670. The van der Waals surface area contributed by atoms with E-state index >= 15 is 0 Å². The molecule has 0 radical (unpaired) electrons. The molecule has 43 heavy (non-hydrogen) atoms. The third-order valence-electron chi connectivity index (χ3n) is 7.77. The van der Waals surface area contributed by atoms with Crippen molar-refractivity contribution in [2.45, 2.75) is 39.2 Å². The van der Waals surface area contributed by atoms with Gasteiger partial charge in [0.05, 0.1) is 24.8 Å². The fourth-order valence-corrected chi connectivity index (χ4v) is 5.83. The number of pyridine rings is 1. The van der Waals surface area contributed by atoms with E-state index in [1.54, 1.807) is 23.0 Å². The van der Waals surface area contributed by atoms with Crippen LogP contribution in [0.5, 0.6) is 0 Å². The normalized spacial score (nSPS) is 17.4. The quantitative estimate of drug-likeness (QED) is 0.309. The Morgan fingerprint density at radius 2 is 1.88 bits per heavy atom. The maximum absolute atomic E-state index is 14.4. The van der Waals surface area contributed by atoms with Crippen LogP contribution in [0, 0.1) is 0 Å². The molecule has 4 heterocycles. The predicted molar refractivity (Wildman–Crippen MR) is 156 cm³/mol. The molecule has 2 aliphatic rings. The zero-order chi connectivity index (χ0) is 30.3. The molecule has 12 heteroatoms. The third kappa shape index (κ3) is 5.72. The lowest BCUT2D eigenvalue weighted by Gasteiger charge is -2.31. The van der Waals surface area contributed by atoms with Crippen molar-refractivity contribution in [2.24, 2.45) is 7.05 Å². The molecule has 1 N–H and O–H groups in total. The number of morpholine rings is 1. The predicted octanol–water partition coefficient (Wildman–Crippen LogP) is 5.38. The largest absolute Gasteiger partial charge is 0.416 e. The molecule has 6 rings (SSSR count). The summed E-state index contributed by atoms with van der Waals surface area (Å²) in [6.45, 7) is 6.23. The van der Waals surface area contributed by atoms with E-state index < -0.39 is 17.6 Å². The Balaban J connectivity index is 1.40. The van der Waals surface area contributed by atoms with Crippen LogP contribution >= 0.6 is 0 Å². The van der Waals surface area contributed by atoms with E-state index in [2.05, 4.69) is 25.4 Å². The summed E-state index contributed by atoms with van der Waals surface area (Å²) in [5.41, 5.74) is 2.07. The number of halogens is 3. The van der Waals surface area contributed by atoms with E-state index in [4.69, 9.17) is 4.74 Å². The van der Waals surface area contributed by atoms with Crippen molar-refractivity contribution in [1.82, 2.24) is 24.6 Å². The second-order valence-electron chi connectivity index (χ2n) is 10.9. The summed E-state index contributed by atoms with van der Waals surface area (Å²) in [5.74, 6) is 0.913. The van der Waals surface area contributed by atoms with Crippen LogP contribution in [0.25, 0.3) is 22.5 Å². The van der Waals surface area contributed by atoms with Gasteiger partial charge in [-0.05, 0) is 60.4 Å². The molecule has 0 saturated carbocycles. The number of carbonyl (C=O) groups excluding carboxylic acids is 1. The number of fused-ring (bicyclic) bond motifs is 1. The van der Waals surface area contributed by atoms with E-state index in [9.17, 15) is 18.0 Å². The topological polar surface area (TPSA) is 88.4 Å². The molecule has 0 bridgehead atoms. The second kappa shape index (κ2) is 11.4. The lowest BCUT2D eigenvalue weighted by molar-refractivity contribution is -0.138. The van der Waals surface area contributed by atoms with Gasteiger partial charge in [0.2, 0.25) is 0 Å². The van der Waals surface area contributed by atoms with Crippen LogP contribution < -0.4 is 10.2 Å². The lowest BCUT2D eigenvalue weighted by Crippen LogP contribution is -2.40. The van der Waals surface area contributed by atoms with Crippen LogP contribution in [-0.2, 0) is 31.1 Å². The first-order chi connectivity index (χ1) is 20.6. The van der Waals surface area contributed by atoms with Gasteiger partial charge >= 0.3 is 6.18 Å². The van der Waals surface area contributed by atoms with Crippen LogP contribution in [0.1, 0.15) is 40.9 Å². The Morgan fingerprint density at radius 1 is 1.09 bits per heavy atom. The maximum atomic E-state index is 14.4. The van der Waals surface area contributed by atoms with Crippen LogP contribution in [-0.4, -0.2) is 62.9 Å². The second-order valence-corrected chi connectivity index (χ2v) is 10.9.